The van der Waals surface area contributed by atoms with Gasteiger partial charge in [0.15, 0.2) is 6.10 Å². The zero-order valence-corrected chi connectivity index (χ0v) is 11.6. The summed E-state index contributed by atoms with van der Waals surface area (Å²) in [7, 11) is 1.60. The van der Waals surface area contributed by atoms with E-state index >= 15 is 0 Å². The van der Waals surface area contributed by atoms with Crippen molar-refractivity contribution in [3.05, 3.63) is 48.5 Å². The number of benzene rings is 2. The van der Waals surface area contributed by atoms with Crippen LogP contribution in [0.4, 0.5) is 11.4 Å². The lowest BCUT2D eigenvalue weighted by Crippen LogP contribution is -2.41. The molecule has 2 aromatic carbocycles. The van der Waals surface area contributed by atoms with Crippen molar-refractivity contribution >= 4 is 17.3 Å². The van der Waals surface area contributed by atoms with Crippen LogP contribution in [-0.2, 0) is 4.79 Å². The molecule has 1 aliphatic rings. The molecule has 1 unspecified atom stereocenters. The third kappa shape index (κ3) is 2.91. The van der Waals surface area contributed by atoms with Crippen LogP contribution in [0, 0.1) is 0 Å². The maximum atomic E-state index is 12.2. The molecule has 0 saturated heterocycles. The summed E-state index contributed by atoms with van der Waals surface area (Å²) in [5.74, 6) is 1.26. The maximum Gasteiger partial charge on any atom is 0.267 e. The molecule has 0 radical (unpaired) electrons. The molecule has 2 N–H and O–H groups in total. The third-order valence-corrected chi connectivity index (χ3v) is 3.28. The van der Waals surface area contributed by atoms with Gasteiger partial charge in [-0.15, -0.1) is 0 Å². The fraction of sp³-hybridized carbons (Fsp3) is 0.188. The number of carbonyl (C=O) groups excluding carboxylic acids is 1. The normalized spacial score (nSPS) is 16.1. The zero-order chi connectivity index (χ0) is 14.7. The van der Waals surface area contributed by atoms with Crippen LogP contribution < -0.4 is 20.1 Å². The SMILES string of the molecule is COc1ccc(NC(=O)C2CNc3ccccc3O2)cc1. The van der Waals surface area contributed by atoms with Gasteiger partial charge in [-0.2, -0.15) is 0 Å². The molecule has 1 heterocycles. The smallest absolute Gasteiger partial charge is 0.267 e. The van der Waals surface area contributed by atoms with E-state index in [4.69, 9.17) is 9.47 Å². The minimum absolute atomic E-state index is 0.179. The van der Waals surface area contributed by atoms with Crippen LogP contribution in [0.25, 0.3) is 0 Å². The molecule has 21 heavy (non-hydrogen) atoms. The minimum atomic E-state index is -0.554. The molecule has 0 saturated carbocycles. The van der Waals surface area contributed by atoms with E-state index in [9.17, 15) is 4.79 Å². The van der Waals surface area contributed by atoms with Crippen molar-refractivity contribution in [3.8, 4) is 11.5 Å². The van der Waals surface area contributed by atoms with Gasteiger partial charge in [-0.25, -0.2) is 0 Å². The van der Waals surface area contributed by atoms with Crippen molar-refractivity contribution in [1.82, 2.24) is 0 Å². The van der Waals surface area contributed by atoms with Gasteiger partial charge in [-0.3, -0.25) is 4.79 Å². The monoisotopic (exact) mass is 284 g/mol. The van der Waals surface area contributed by atoms with Crippen molar-refractivity contribution in [2.45, 2.75) is 6.10 Å². The van der Waals surface area contributed by atoms with Gasteiger partial charge in [-0.05, 0) is 36.4 Å². The Bertz CT molecular complexity index is 640. The molecule has 0 fully saturated rings. The lowest BCUT2D eigenvalue weighted by molar-refractivity contribution is -0.122. The molecule has 3 rings (SSSR count). The van der Waals surface area contributed by atoms with E-state index in [-0.39, 0.29) is 5.91 Å². The summed E-state index contributed by atoms with van der Waals surface area (Å²) in [6, 6.07) is 14.7. The van der Waals surface area contributed by atoms with Crippen LogP contribution >= 0.6 is 0 Å². The average molecular weight is 284 g/mol. The number of amides is 1. The number of ether oxygens (including phenoxy) is 2. The molecule has 5 nitrogen and oxygen atoms in total. The van der Waals surface area contributed by atoms with E-state index in [2.05, 4.69) is 10.6 Å². The van der Waals surface area contributed by atoms with E-state index in [0.717, 1.165) is 11.4 Å². The second-order valence-electron chi connectivity index (χ2n) is 4.70. The lowest BCUT2D eigenvalue weighted by Gasteiger charge is -2.26. The number of anilines is 2. The summed E-state index contributed by atoms with van der Waals surface area (Å²) in [5, 5.41) is 6.03. The van der Waals surface area contributed by atoms with Crippen LogP contribution in [0.3, 0.4) is 0 Å². The zero-order valence-electron chi connectivity index (χ0n) is 11.6. The molecular weight excluding hydrogens is 268 g/mol. The molecule has 0 spiro atoms. The lowest BCUT2D eigenvalue weighted by atomic mass is 10.2. The number of carbonyl (C=O) groups is 1. The Morgan fingerprint density at radius 2 is 2.00 bits per heavy atom. The summed E-state index contributed by atoms with van der Waals surface area (Å²) in [5.41, 5.74) is 1.62. The summed E-state index contributed by atoms with van der Waals surface area (Å²) in [4.78, 5) is 12.2. The third-order valence-electron chi connectivity index (χ3n) is 3.28. The van der Waals surface area contributed by atoms with E-state index in [1.807, 2.05) is 24.3 Å². The standard InChI is InChI=1S/C16H16N2O3/c1-20-12-8-6-11(7-9-12)18-16(19)15-10-17-13-4-2-3-5-14(13)21-15/h2-9,15,17H,10H2,1H3,(H,18,19). The van der Waals surface area contributed by atoms with Crippen molar-refractivity contribution in [2.24, 2.45) is 0 Å². The number of hydrogen-bond acceptors (Lipinski definition) is 4. The van der Waals surface area contributed by atoms with Gasteiger partial charge in [0.25, 0.3) is 5.91 Å². The quantitative estimate of drug-likeness (QED) is 0.909. The van der Waals surface area contributed by atoms with Crippen LogP contribution in [-0.4, -0.2) is 25.7 Å². The van der Waals surface area contributed by atoms with E-state index in [1.165, 1.54) is 0 Å². The Kier molecular flexibility index (Phi) is 3.64. The molecule has 1 amide bonds. The highest BCUT2D eigenvalue weighted by atomic mass is 16.5. The highest BCUT2D eigenvalue weighted by Crippen LogP contribution is 2.28. The Labute approximate surface area is 122 Å². The minimum Gasteiger partial charge on any atom is -0.497 e. The van der Waals surface area contributed by atoms with Crippen LogP contribution in [0.15, 0.2) is 48.5 Å². The second kappa shape index (κ2) is 5.75. The summed E-state index contributed by atoms with van der Waals surface area (Å²) in [6.45, 7) is 0.443. The van der Waals surface area contributed by atoms with Gasteiger partial charge in [0.05, 0.1) is 19.3 Å². The number of methoxy groups -OCH3 is 1. The molecule has 5 heteroatoms. The second-order valence-corrected chi connectivity index (χ2v) is 4.70. The van der Waals surface area contributed by atoms with Gasteiger partial charge in [0, 0.05) is 5.69 Å². The fourth-order valence-electron chi connectivity index (χ4n) is 2.16. The Hall–Kier alpha value is -2.69. The van der Waals surface area contributed by atoms with Crippen molar-refractivity contribution in [3.63, 3.8) is 0 Å². The number of fused-ring (bicyclic) bond motifs is 1. The molecule has 0 aliphatic carbocycles. The molecular formula is C16H16N2O3. The largest absolute Gasteiger partial charge is 0.497 e. The number of hydrogen-bond donors (Lipinski definition) is 2. The van der Waals surface area contributed by atoms with Gasteiger partial charge in [0.2, 0.25) is 0 Å². The van der Waals surface area contributed by atoms with Gasteiger partial charge in [-0.1, -0.05) is 12.1 Å². The highest BCUT2D eigenvalue weighted by molar-refractivity contribution is 5.95. The van der Waals surface area contributed by atoms with E-state index < -0.39 is 6.10 Å². The first-order chi connectivity index (χ1) is 10.3. The molecule has 1 aliphatic heterocycles. The van der Waals surface area contributed by atoms with E-state index in [0.29, 0.717) is 18.0 Å². The summed E-state index contributed by atoms with van der Waals surface area (Å²) >= 11 is 0. The highest BCUT2D eigenvalue weighted by Gasteiger charge is 2.25. The maximum absolute atomic E-state index is 12.2. The molecule has 0 aromatic heterocycles. The molecule has 1 atom stereocenters. The van der Waals surface area contributed by atoms with Crippen molar-refractivity contribution in [1.29, 1.82) is 0 Å². The summed E-state index contributed by atoms with van der Waals surface area (Å²) < 4.78 is 10.8. The molecule has 2 aromatic rings. The fourth-order valence-corrected chi connectivity index (χ4v) is 2.16. The predicted molar refractivity (Wildman–Crippen MR) is 81.0 cm³/mol. The van der Waals surface area contributed by atoms with Gasteiger partial charge >= 0.3 is 0 Å². The Morgan fingerprint density at radius 1 is 1.24 bits per heavy atom. The summed E-state index contributed by atoms with van der Waals surface area (Å²) in [6.07, 6.45) is -0.554. The topological polar surface area (TPSA) is 59.6 Å². The first-order valence-electron chi connectivity index (χ1n) is 6.71. The van der Waals surface area contributed by atoms with Crippen LogP contribution in [0.5, 0.6) is 11.5 Å². The van der Waals surface area contributed by atoms with Crippen LogP contribution in [0.2, 0.25) is 0 Å². The number of para-hydroxylation sites is 2. The first-order valence-corrected chi connectivity index (χ1v) is 6.71. The van der Waals surface area contributed by atoms with Gasteiger partial charge in [0.1, 0.15) is 11.5 Å². The van der Waals surface area contributed by atoms with Crippen LogP contribution in [0.1, 0.15) is 0 Å². The van der Waals surface area contributed by atoms with Crippen molar-refractivity contribution < 1.29 is 14.3 Å². The van der Waals surface area contributed by atoms with E-state index in [1.54, 1.807) is 31.4 Å². The predicted octanol–water partition coefficient (Wildman–Crippen LogP) is 2.51. The Balaban J connectivity index is 1.66. The average Bonchev–Trinajstić information content (AvgIpc) is 2.55. The molecule has 108 valence electrons. The van der Waals surface area contributed by atoms with Gasteiger partial charge < -0.3 is 20.1 Å². The Morgan fingerprint density at radius 3 is 2.76 bits per heavy atom. The molecule has 0 bridgehead atoms. The van der Waals surface area contributed by atoms with Crippen molar-refractivity contribution in [2.75, 3.05) is 24.3 Å². The number of nitrogens with one attached hydrogen (secondary N) is 2. The number of rotatable bonds is 3. The first kappa shape index (κ1) is 13.3.